The summed E-state index contributed by atoms with van der Waals surface area (Å²) in [4.78, 5) is 24.4. The first kappa shape index (κ1) is 15.6. The molecule has 1 saturated heterocycles. The molecule has 6 nitrogen and oxygen atoms in total. The second kappa shape index (κ2) is 7.28. The van der Waals surface area contributed by atoms with Crippen LogP contribution in [-0.4, -0.2) is 48.0 Å². The molecule has 0 saturated carbocycles. The third-order valence-electron chi connectivity index (χ3n) is 3.70. The molecule has 114 valence electrons. The predicted molar refractivity (Wildman–Crippen MR) is 78.5 cm³/mol. The minimum atomic E-state index is -0.468. The zero-order chi connectivity index (χ0) is 15.2. The number of nitro groups is 1. The van der Waals surface area contributed by atoms with Gasteiger partial charge in [-0.3, -0.25) is 19.8 Å². The van der Waals surface area contributed by atoms with Gasteiger partial charge in [0.2, 0.25) is 0 Å². The van der Waals surface area contributed by atoms with Crippen molar-refractivity contribution >= 4 is 11.5 Å². The minimum Gasteiger partial charge on any atom is -0.377 e. The van der Waals surface area contributed by atoms with Crippen LogP contribution >= 0.6 is 0 Å². The standard InChI is InChI=1S/C15H20N2O4/c1-2-16(10-14-4-3-9-21-14)11-15(18)12-5-7-13(8-6-12)17(19)20/h5-8,14H,2-4,9-11H2,1H3. The van der Waals surface area contributed by atoms with Crippen molar-refractivity contribution in [2.24, 2.45) is 0 Å². The molecule has 0 spiro atoms. The molecule has 6 heteroatoms. The Bertz CT molecular complexity index is 495. The second-order valence-electron chi connectivity index (χ2n) is 5.19. The molecule has 0 bridgehead atoms. The van der Waals surface area contributed by atoms with Crippen LogP contribution in [0.25, 0.3) is 0 Å². The van der Waals surface area contributed by atoms with Crippen molar-refractivity contribution in [3.8, 4) is 0 Å². The lowest BCUT2D eigenvalue weighted by Crippen LogP contribution is -2.36. The number of non-ortho nitro benzene ring substituents is 1. The van der Waals surface area contributed by atoms with E-state index in [0.29, 0.717) is 12.1 Å². The molecule has 0 amide bonds. The van der Waals surface area contributed by atoms with Crippen molar-refractivity contribution in [3.05, 3.63) is 39.9 Å². The maximum atomic E-state index is 12.2. The van der Waals surface area contributed by atoms with Gasteiger partial charge in [0, 0.05) is 30.8 Å². The van der Waals surface area contributed by atoms with Crippen LogP contribution in [0, 0.1) is 10.1 Å². The normalized spacial score (nSPS) is 18.1. The summed E-state index contributed by atoms with van der Waals surface area (Å²) in [6.45, 7) is 4.67. The van der Waals surface area contributed by atoms with Crippen LogP contribution in [-0.2, 0) is 4.74 Å². The number of likely N-dealkylation sites (N-methyl/N-ethyl adjacent to an activating group) is 1. The van der Waals surface area contributed by atoms with E-state index in [1.807, 2.05) is 6.92 Å². The van der Waals surface area contributed by atoms with Crippen molar-refractivity contribution in [1.29, 1.82) is 0 Å². The number of carbonyl (C=O) groups excluding carboxylic acids is 1. The van der Waals surface area contributed by atoms with E-state index in [1.54, 1.807) is 0 Å². The average Bonchev–Trinajstić information content (AvgIpc) is 2.99. The molecular weight excluding hydrogens is 272 g/mol. The average molecular weight is 292 g/mol. The van der Waals surface area contributed by atoms with E-state index in [1.165, 1.54) is 24.3 Å². The van der Waals surface area contributed by atoms with Crippen LogP contribution < -0.4 is 0 Å². The van der Waals surface area contributed by atoms with Crippen molar-refractivity contribution in [1.82, 2.24) is 4.90 Å². The molecule has 2 rings (SSSR count). The zero-order valence-corrected chi connectivity index (χ0v) is 12.2. The molecule has 1 aliphatic rings. The monoisotopic (exact) mass is 292 g/mol. The van der Waals surface area contributed by atoms with Gasteiger partial charge in [0.05, 0.1) is 17.6 Å². The van der Waals surface area contributed by atoms with E-state index < -0.39 is 4.92 Å². The van der Waals surface area contributed by atoms with Crippen LogP contribution in [0.2, 0.25) is 0 Å². The largest absolute Gasteiger partial charge is 0.377 e. The molecule has 0 aliphatic carbocycles. The number of carbonyl (C=O) groups is 1. The maximum absolute atomic E-state index is 12.2. The van der Waals surface area contributed by atoms with Crippen molar-refractivity contribution in [2.75, 3.05) is 26.2 Å². The lowest BCUT2D eigenvalue weighted by atomic mass is 10.1. The van der Waals surface area contributed by atoms with Crippen LogP contribution in [0.4, 0.5) is 5.69 Å². The Hall–Kier alpha value is -1.79. The fraction of sp³-hybridized carbons (Fsp3) is 0.533. The Morgan fingerprint density at radius 1 is 1.43 bits per heavy atom. The smallest absolute Gasteiger partial charge is 0.269 e. The highest BCUT2D eigenvalue weighted by atomic mass is 16.6. The number of benzene rings is 1. The van der Waals surface area contributed by atoms with Gasteiger partial charge in [-0.1, -0.05) is 6.92 Å². The first-order chi connectivity index (χ1) is 10.1. The van der Waals surface area contributed by atoms with Crippen LogP contribution in [0.5, 0.6) is 0 Å². The lowest BCUT2D eigenvalue weighted by molar-refractivity contribution is -0.384. The van der Waals surface area contributed by atoms with Gasteiger partial charge in [0.15, 0.2) is 5.78 Å². The first-order valence-electron chi connectivity index (χ1n) is 7.21. The molecule has 0 radical (unpaired) electrons. The van der Waals surface area contributed by atoms with Crippen LogP contribution in [0.15, 0.2) is 24.3 Å². The summed E-state index contributed by atoms with van der Waals surface area (Å²) in [5, 5.41) is 10.6. The summed E-state index contributed by atoms with van der Waals surface area (Å²) < 4.78 is 5.59. The van der Waals surface area contributed by atoms with Crippen LogP contribution in [0.3, 0.4) is 0 Å². The Morgan fingerprint density at radius 3 is 2.67 bits per heavy atom. The quantitative estimate of drug-likeness (QED) is 0.438. The molecule has 0 aromatic heterocycles. The number of nitro benzene ring substituents is 1. The Kier molecular flexibility index (Phi) is 5.41. The summed E-state index contributed by atoms with van der Waals surface area (Å²) in [7, 11) is 0. The Morgan fingerprint density at radius 2 is 2.14 bits per heavy atom. The fourth-order valence-corrected chi connectivity index (χ4v) is 2.45. The fourth-order valence-electron chi connectivity index (χ4n) is 2.45. The second-order valence-corrected chi connectivity index (χ2v) is 5.19. The van der Waals surface area contributed by atoms with Gasteiger partial charge in [-0.25, -0.2) is 0 Å². The number of Topliss-reactive ketones (excluding diaryl/α,β-unsaturated/α-hetero) is 1. The van der Waals surface area contributed by atoms with E-state index in [-0.39, 0.29) is 17.6 Å². The van der Waals surface area contributed by atoms with E-state index in [4.69, 9.17) is 4.74 Å². The third kappa shape index (κ3) is 4.34. The number of nitrogens with zero attached hydrogens (tertiary/aromatic N) is 2. The predicted octanol–water partition coefficient (Wildman–Crippen LogP) is 2.28. The van der Waals surface area contributed by atoms with Gasteiger partial charge in [-0.15, -0.1) is 0 Å². The van der Waals surface area contributed by atoms with Crippen molar-refractivity contribution in [3.63, 3.8) is 0 Å². The summed E-state index contributed by atoms with van der Waals surface area (Å²) in [6, 6.07) is 5.76. The number of hydrogen-bond donors (Lipinski definition) is 0. The lowest BCUT2D eigenvalue weighted by Gasteiger charge is -2.22. The molecule has 1 fully saturated rings. The zero-order valence-electron chi connectivity index (χ0n) is 12.2. The Balaban J connectivity index is 1.93. The molecule has 1 atom stereocenters. The summed E-state index contributed by atoms with van der Waals surface area (Å²) in [5.74, 6) is -0.0234. The molecule has 1 unspecified atom stereocenters. The molecule has 0 N–H and O–H groups in total. The SMILES string of the molecule is CCN(CC(=O)c1ccc([N+](=O)[O-])cc1)CC1CCCO1. The summed E-state index contributed by atoms with van der Waals surface area (Å²) in [5.41, 5.74) is 0.504. The van der Waals surface area contributed by atoms with Gasteiger partial charge >= 0.3 is 0 Å². The molecular formula is C15H20N2O4. The van der Waals surface area contributed by atoms with Gasteiger partial charge < -0.3 is 4.74 Å². The summed E-state index contributed by atoms with van der Waals surface area (Å²) in [6.07, 6.45) is 2.34. The van der Waals surface area contributed by atoms with E-state index >= 15 is 0 Å². The van der Waals surface area contributed by atoms with E-state index in [0.717, 1.165) is 32.5 Å². The molecule has 1 aromatic carbocycles. The highest BCUT2D eigenvalue weighted by molar-refractivity contribution is 5.97. The molecule has 1 heterocycles. The number of ether oxygens (including phenoxy) is 1. The summed E-state index contributed by atoms with van der Waals surface area (Å²) >= 11 is 0. The number of hydrogen-bond acceptors (Lipinski definition) is 5. The Labute approximate surface area is 123 Å². The van der Waals surface area contributed by atoms with Gasteiger partial charge in [-0.05, 0) is 31.5 Å². The molecule has 1 aliphatic heterocycles. The minimum absolute atomic E-state index is 0.00162. The van der Waals surface area contributed by atoms with Gasteiger partial charge in [0.1, 0.15) is 0 Å². The molecule has 21 heavy (non-hydrogen) atoms. The van der Waals surface area contributed by atoms with E-state index in [2.05, 4.69) is 4.90 Å². The van der Waals surface area contributed by atoms with Gasteiger partial charge in [-0.2, -0.15) is 0 Å². The van der Waals surface area contributed by atoms with Crippen molar-refractivity contribution < 1.29 is 14.5 Å². The number of ketones is 1. The van der Waals surface area contributed by atoms with E-state index in [9.17, 15) is 14.9 Å². The van der Waals surface area contributed by atoms with Crippen LogP contribution in [0.1, 0.15) is 30.1 Å². The third-order valence-corrected chi connectivity index (χ3v) is 3.70. The highest BCUT2D eigenvalue weighted by Crippen LogP contribution is 2.15. The highest BCUT2D eigenvalue weighted by Gasteiger charge is 2.20. The first-order valence-corrected chi connectivity index (χ1v) is 7.21. The maximum Gasteiger partial charge on any atom is 0.269 e. The van der Waals surface area contributed by atoms with Gasteiger partial charge in [0.25, 0.3) is 5.69 Å². The topological polar surface area (TPSA) is 72.7 Å². The number of rotatable bonds is 7. The molecule has 1 aromatic rings. The van der Waals surface area contributed by atoms with Crippen molar-refractivity contribution in [2.45, 2.75) is 25.9 Å².